The van der Waals surface area contributed by atoms with Crippen molar-refractivity contribution in [3.05, 3.63) is 77.0 Å². The van der Waals surface area contributed by atoms with Crippen molar-refractivity contribution < 1.29 is 59.6 Å². The van der Waals surface area contributed by atoms with Gasteiger partial charge in [-0.25, -0.2) is 13.4 Å². The van der Waals surface area contributed by atoms with Gasteiger partial charge in [0.15, 0.2) is 0 Å². The molecule has 1 amide bonds. The minimum Gasteiger partial charge on any atom is -0.491 e. The van der Waals surface area contributed by atoms with E-state index in [1.54, 1.807) is 40.0 Å². The third kappa shape index (κ3) is 15.8. The highest BCUT2D eigenvalue weighted by molar-refractivity contribution is 7.89. The van der Waals surface area contributed by atoms with Crippen LogP contribution in [0, 0.1) is 0 Å². The van der Waals surface area contributed by atoms with Gasteiger partial charge >= 0.3 is 12.1 Å². The van der Waals surface area contributed by atoms with Crippen LogP contribution < -0.4 is 20.1 Å². The molecule has 1 aromatic heterocycles. The Morgan fingerprint density at radius 3 is 2.34 bits per heavy atom. The number of nitrogens with zero attached hydrogens (tertiary/aromatic N) is 1. The number of sulfonamides is 1. The Hall–Kier alpha value is -4.33. The molecule has 0 aliphatic carbocycles. The van der Waals surface area contributed by atoms with Crippen molar-refractivity contribution >= 4 is 33.4 Å². The van der Waals surface area contributed by atoms with E-state index in [-0.39, 0.29) is 38.5 Å². The smallest absolute Gasteiger partial charge is 0.416 e. The van der Waals surface area contributed by atoms with Crippen molar-refractivity contribution in [2.75, 3.05) is 77.1 Å². The Morgan fingerprint density at radius 2 is 1.64 bits per heavy atom. The molecule has 2 heterocycles. The van der Waals surface area contributed by atoms with E-state index in [4.69, 9.17) is 33.4 Å². The monoisotopic (exact) mass is 838 g/mol. The fourth-order valence-corrected chi connectivity index (χ4v) is 6.91. The van der Waals surface area contributed by atoms with Crippen molar-refractivity contribution in [1.82, 2.24) is 9.71 Å². The van der Waals surface area contributed by atoms with Gasteiger partial charge in [-0.05, 0) is 100 Å². The standard InChI is InChI=1S/C40H53F3N4O10S/c1-39(2,3)57-38(49)34(47-58(50,51)32-11-5-9-30(26-32)40(41,42)43)25-28-12-15-35(56-17-7-10-31-14-13-29-8-6-16-44-37(29)45-31)33(24-28)46-36(48)27-55-23-22-54-21-20-53-19-18-52-4/h5,9,11-15,24,26,34,47H,6-8,10,16-23,25,27H2,1-4H3,(H,44,45)(H,46,48)/t34-/m0/s1. The number of amides is 1. The first-order valence-electron chi connectivity index (χ1n) is 19.0. The van der Waals surface area contributed by atoms with E-state index < -0.39 is 50.2 Å². The Morgan fingerprint density at radius 1 is 0.914 bits per heavy atom. The molecule has 18 heteroatoms. The van der Waals surface area contributed by atoms with Crippen LogP contribution in [0.4, 0.5) is 24.7 Å². The number of alkyl halides is 3. The van der Waals surface area contributed by atoms with E-state index in [0.717, 1.165) is 49.1 Å². The van der Waals surface area contributed by atoms with Crippen molar-refractivity contribution in [2.24, 2.45) is 0 Å². The number of methoxy groups -OCH3 is 1. The second-order valence-electron chi connectivity index (χ2n) is 14.4. The number of carbonyl (C=O) groups excluding carboxylic acids is 2. The first-order valence-corrected chi connectivity index (χ1v) is 20.5. The van der Waals surface area contributed by atoms with Crippen LogP contribution in [0.25, 0.3) is 0 Å². The molecule has 320 valence electrons. The molecule has 0 spiro atoms. The van der Waals surface area contributed by atoms with E-state index in [1.807, 2.05) is 6.07 Å². The Kier molecular flexibility index (Phi) is 17.7. The molecule has 0 radical (unpaired) electrons. The maximum atomic E-state index is 13.4. The highest BCUT2D eigenvalue weighted by Crippen LogP contribution is 2.31. The molecule has 0 unspecified atom stereocenters. The number of rotatable bonds is 23. The summed E-state index contributed by atoms with van der Waals surface area (Å²) in [4.78, 5) is 30.5. The summed E-state index contributed by atoms with van der Waals surface area (Å²) in [6, 6.07) is 10.4. The fourth-order valence-electron chi connectivity index (χ4n) is 5.68. The number of esters is 1. The minimum absolute atomic E-state index is 0.130. The maximum absolute atomic E-state index is 13.4. The molecule has 0 bridgehead atoms. The zero-order valence-electron chi connectivity index (χ0n) is 33.2. The van der Waals surface area contributed by atoms with Crippen LogP contribution in [0.15, 0.2) is 59.5 Å². The average Bonchev–Trinajstić information content (AvgIpc) is 3.16. The van der Waals surface area contributed by atoms with Crippen LogP contribution in [0.5, 0.6) is 5.75 Å². The molecular formula is C40H53F3N4O10S. The summed E-state index contributed by atoms with van der Waals surface area (Å²) in [5, 5.41) is 6.09. The summed E-state index contributed by atoms with van der Waals surface area (Å²) in [7, 11) is -3.08. The lowest BCUT2D eigenvalue weighted by Crippen LogP contribution is -2.45. The molecule has 14 nitrogen and oxygen atoms in total. The largest absolute Gasteiger partial charge is 0.491 e. The number of benzene rings is 2. The zero-order chi connectivity index (χ0) is 42.2. The SMILES string of the molecule is COCCOCCOCCOCC(=O)Nc1cc(C[C@H](NS(=O)(=O)c2cccc(C(F)(F)F)c2)C(=O)OC(C)(C)C)ccc1OCCCc1ccc2c(n1)NCCC2. The molecule has 0 fully saturated rings. The number of anilines is 2. The fraction of sp³-hybridized carbons (Fsp3) is 0.525. The molecule has 0 saturated carbocycles. The topological polar surface area (TPSA) is 173 Å². The highest BCUT2D eigenvalue weighted by atomic mass is 32.2. The van der Waals surface area contributed by atoms with Crippen molar-refractivity contribution in [1.29, 1.82) is 0 Å². The predicted octanol–water partition coefficient (Wildman–Crippen LogP) is 5.34. The minimum atomic E-state index is -4.80. The van der Waals surface area contributed by atoms with Crippen molar-refractivity contribution in [3.8, 4) is 5.75 Å². The molecule has 1 aliphatic heterocycles. The highest BCUT2D eigenvalue weighted by Gasteiger charge is 2.34. The van der Waals surface area contributed by atoms with Gasteiger partial charge in [0.2, 0.25) is 15.9 Å². The number of hydrogen-bond acceptors (Lipinski definition) is 12. The molecule has 58 heavy (non-hydrogen) atoms. The van der Waals surface area contributed by atoms with E-state index in [1.165, 1.54) is 11.6 Å². The number of nitrogens with one attached hydrogen (secondary N) is 3. The lowest BCUT2D eigenvalue weighted by molar-refractivity contribution is -0.157. The molecule has 3 aromatic rings. The number of halogens is 3. The van der Waals surface area contributed by atoms with Crippen LogP contribution >= 0.6 is 0 Å². The summed E-state index contributed by atoms with van der Waals surface area (Å²) >= 11 is 0. The molecular weight excluding hydrogens is 786 g/mol. The lowest BCUT2D eigenvalue weighted by Gasteiger charge is -2.25. The maximum Gasteiger partial charge on any atom is 0.416 e. The van der Waals surface area contributed by atoms with Crippen LogP contribution in [-0.2, 0) is 68.7 Å². The molecule has 1 atom stereocenters. The number of carbonyl (C=O) groups is 2. The number of fused-ring (bicyclic) bond motifs is 1. The average molecular weight is 839 g/mol. The molecule has 4 rings (SSSR count). The second kappa shape index (κ2) is 22.2. The van der Waals surface area contributed by atoms with Gasteiger partial charge in [0.1, 0.15) is 29.8 Å². The summed E-state index contributed by atoms with van der Waals surface area (Å²) in [6.07, 6.45) is -1.82. The van der Waals surface area contributed by atoms with Gasteiger partial charge < -0.3 is 39.1 Å². The summed E-state index contributed by atoms with van der Waals surface area (Å²) in [5.41, 5.74) is 0.483. The van der Waals surface area contributed by atoms with Crippen LogP contribution in [0.3, 0.4) is 0 Å². The van der Waals surface area contributed by atoms with Gasteiger partial charge in [0.05, 0.1) is 62.4 Å². The third-order valence-electron chi connectivity index (χ3n) is 8.41. The predicted molar refractivity (Wildman–Crippen MR) is 209 cm³/mol. The van der Waals surface area contributed by atoms with E-state index in [9.17, 15) is 31.2 Å². The number of pyridine rings is 1. The van der Waals surface area contributed by atoms with Crippen molar-refractivity contribution in [2.45, 2.75) is 75.6 Å². The van der Waals surface area contributed by atoms with Crippen LogP contribution in [0.1, 0.15) is 56.0 Å². The van der Waals surface area contributed by atoms with E-state index in [0.29, 0.717) is 56.6 Å². The first-order chi connectivity index (χ1) is 27.5. The summed E-state index contributed by atoms with van der Waals surface area (Å²) in [5.74, 6) is -0.290. The van der Waals surface area contributed by atoms with Crippen LogP contribution in [-0.4, -0.2) is 103 Å². The molecule has 3 N–H and O–H groups in total. The molecule has 1 aliphatic rings. The van der Waals surface area contributed by atoms with Gasteiger partial charge in [-0.3, -0.25) is 9.59 Å². The normalized spacial score (nSPS) is 13.6. The van der Waals surface area contributed by atoms with Crippen LogP contribution in [0.2, 0.25) is 0 Å². The molecule has 0 saturated heterocycles. The number of aromatic nitrogens is 1. The van der Waals surface area contributed by atoms with E-state index in [2.05, 4.69) is 21.4 Å². The molecule has 2 aromatic carbocycles. The van der Waals surface area contributed by atoms with Gasteiger partial charge in [-0.2, -0.15) is 17.9 Å². The summed E-state index contributed by atoms with van der Waals surface area (Å²) in [6.45, 7) is 7.58. The Labute approximate surface area is 337 Å². The number of hydrogen-bond donors (Lipinski definition) is 3. The zero-order valence-corrected chi connectivity index (χ0v) is 34.1. The Balaban J connectivity index is 1.48. The van der Waals surface area contributed by atoms with Gasteiger partial charge in [0.25, 0.3) is 0 Å². The Bertz CT molecular complexity index is 1910. The quantitative estimate of drug-likeness (QED) is 0.0829. The number of ether oxygens (including phenoxy) is 6. The third-order valence-corrected chi connectivity index (χ3v) is 9.88. The van der Waals surface area contributed by atoms with Gasteiger partial charge in [0, 0.05) is 19.3 Å². The second-order valence-corrected chi connectivity index (χ2v) is 16.1. The summed E-state index contributed by atoms with van der Waals surface area (Å²) < 4.78 is 102. The van der Waals surface area contributed by atoms with Gasteiger partial charge in [-0.15, -0.1) is 0 Å². The lowest BCUT2D eigenvalue weighted by atomic mass is 10.0. The number of aryl methyl sites for hydroxylation is 2. The van der Waals surface area contributed by atoms with E-state index >= 15 is 0 Å². The van der Waals surface area contributed by atoms with Gasteiger partial charge in [-0.1, -0.05) is 18.2 Å². The van der Waals surface area contributed by atoms with Crippen molar-refractivity contribution in [3.63, 3.8) is 0 Å². The first kappa shape index (κ1) is 46.4.